The van der Waals surface area contributed by atoms with Crippen molar-refractivity contribution in [1.82, 2.24) is 19.5 Å². The molecular formula is C24H23N5O3S. The van der Waals surface area contributed by atoms with Gasteiger partial charge in [0, 0.05) is 25.2 Å². The van der Waals surface area contributed by atoms with Gasteiger partial charge in [0.05, 0.1) is 17.9 Å². The summed E-state index contributed by atoms with van der Waals surface area (Å²) in [6.45, 7) is 0.224. The van der Waals surface area contributed by atoms with Crippen LogP contribution in [-0.4, -0.2) is 52.3 Å². The molecule has 1 amide bonds. The van der Waals surface area contributed by atoms with Crippen LogP contribution in [0.1, 0.15) is 15.9 Å². The fraction of sp³-hybridized carbons (Fsp3) is 0.208. The second kappa shape index (κ2) is 8.95. The molecule has 2 aromatic heterocycles. The predicted octanol–water partition coefficient (Wildman–Crippen LogP) is 4.03. The lowest BCUT2D eigenvalue weighted by Crippen LogP contribution is -2.25. The van der Waals surface area contributed by atoms with E-state index in [9.17, 15) is 4.79 Å². The third kappa shape index (κ3) is 4.54. The summed E-state index contributed by atoms with van der Waals surface area (Å²) in [5, 5.41) is 8.86. The number of anilines is 1. The third-order valence-corrected chi connectivity index (χ3v) is 6.13. The quantitative estimate of drug-likeness (QED) is 0.448. The normalized spacial score (nSPS) is 13.8. The van der Waals surface area contributed by atoms with Crippen molar-refractivity contribution in [3.63, 3.8) is 0 Å². The molecule has 3 heterocycles. The number of nitrogens with zero attached hydrogens (tertiary/aromatic N) is 4. The molecule has 1 atom stereocenters. The van der Waals surface area contributed by atoms with Gasteiger partial charge in [-0.3, -0.25) is 4.79 Å². The van der Waals surface area contributed by atoms with Crippen LogP contribution in [0.25, 0.3) is 16.2 Å². The Labute approximate surface area is 195 Å². The molecule has 9 heteroatoms. The summed E-state index contributed by atoms with van der Waals surface area (Å²) in [5.41, 5.74) is 3.45. The van der Waals surface area contributed by atoms with Gasteiger partial charge in [-0.05, 0) is 24.1 Å². The van der Waals surface area contributed by atoms with Gasteiger partial charge in [-0.15, -0.1) is 5.10 Å². The smallest absolute Gasteiger partial charge is 0.253 e. The Morgan fingerprint density at radius 2 is 2.06 bits per heavy atom. The van der Waals surface area contributed by atoms with Crippen molar-refractivity contribution in [2.75, 3.05) is 26.2 Å². The van der Waals surface area contributed by atoms with Gasteiger partial charge in [0.15, 0.2) is 5.76 Å². The molecule has 1 aliphatic rings. The molecule has 0 fully saturated rings. The Balaban J connectivity index is 1.37. The van der Waals surface area contributed by atoms with E-state index in [1.807, 2.05) is 42.6 Å². The zero-order chi connectivity index (χ0) is 22.8. The first-order valence-electron chi connectivity index (χ1n) is 10.5. The minimum atomic E-state index is -0.112. The van der Waals surface area contributed by atoms with E-state index in [0.29, 0.717) is 5.56 Å². The highest BCUT2D eigenvalue weighted by Gasteiger charge is 2.22. The van der Waals surface area contributed by atoms with Crippen LogP contribution in [0.2, 0.25) is 0 Å². The van der Waals surface area contributed by atoms with Gasteiger partial charge in [0.2, 0.25) is 16.9 Å². The van der Waals surface area contributed by atoms with E-state index in [1.54, 1.807) is 35.8 Å². The van der Waals surface area contributed by atoms with Crippen LogP contribution in [0.3, 0.4) is 0 Å². The molecule has 2 aromatic carbocycles. The van der Waals surface area contributed by atoms with Gasteiger partial charge in [-0.1, -0.05) is 53.8 Å². The summed E-state index contributed by atoms with van der Waals surface area (Å²) in [4.78, 5) is 19.3. The zero-order valence-corrected chi connectivity index (χ0v) is 19.1. The van der Waals surface area contributed by atoms with Gasteiger partial charge < -0.3 is 19.7 Å². The molecule has 0 saturated heterocycles. The molecule has 5 rings (SSSR count). The van der Waals surface area contributed by atoms with E-state index in [-0.39, 0.29) is 18.7 Å². The van der Waals surface area contributed by atoms with Crippen LogP contribution in [-0.2, 0) is 15.9 Å². The molecular weight excluding hydrogens is 438 g/mol. The van der Waals surface area contributed by atoms with Crippen molar-refractivity contribution < 1.29 is 14.3 Å². The molecule has 4 aromatic rings. The van der Waals surface area contributed by atoms with Crippen LogP contribution in [0.5, 0.6) is 0 Å². The number of fused-ring (bicyclic) bond motifs is 1. The molecule has 1 unspecified atom stereocenters. The summed E-state index contributed by atoms with van der Waals surface area (Å²) in [6, 6.07) is 17.6. The monoisotopic (exact) mass is 461 g/mol. The molecule has 1 N–H and O–H groups in total. The summed E-state index contributed by atoms with van der Waals surface area (Å²) in [5.74, 6) is 0.703. The highest BCUT2D eigenvalue weighted by atomic mass is 32.1. The highest BCUT2D eigenvalue weighted by molar-refractivity contribution is 7.20. The van der Waals surface area contributed by atoms with Crippen LogP contribution >= 0.6 is 11.3 Å². The molecule has 0 spiro atoms. The Morgan fingerprint density at radius 1 is 1.21 bits per heavy atom. The van der Waals surface area contributed by atoms with Crippen LogP contribution in [0, 0.1) is 0 Å². The summed E-state index contributed by atoms with van der Waals surface area (Å²) in [6.07, 6.45) is 4.26. The topological polar surface area (TPSA) is 81.0 Å². The van der Waals surface area contributed by atoms with E-state index in [2.05, 4.69) is 22.5 Å². The number of amides is 1. The first-order chi connectivity index (χ1) is 16.1. The Hall–Kier alpha value is -3.85. The lowest BCUT2D eigenvalue weighted by Gasteiger charge is -2.17. The number of hydrogen-bond acceptors (Lipinski definition) is 7. The van der Waals surface area contributed by atoms with Crippen molar-refractivity contribution >= 4 is 27.3 Å². The highest BCUT2D eigenvalue weighted by Crippen LogP contribution is 2.27. The van der Waals surface area contributed by atoms with Gasteiger partial charge in [-0.25, -0.2) is 9.50 Å². The SMILES string of the molecule is CN(C)C(=O)c1cccc(-c2cn3nc(NC(Cc4ccccc4)C4=COCO4)sc3n2)c1. The maximum atomic E-state index is 12.3. The summed E-state index contributed by atoms with van der Waals surface area (Å²) in [7, 11) is 3.48. The summed E-state index contributed by atoms with van der Waals surface area (Å²) < 4.78 is 12.7. The van der Waals surface area contributed by atoms with Crippen molar-refractivity contribution in [3.8, 4) is 11.3 Å². The average molecular weight is 462 g/mol. The molecule has 0 aliphatic carbocycles. The van der Waals surface area contributed by atoms with Gasteiger partial charge in [0.25, 0.3) is 5.91 Å². The number of benzene rings is 2. The Bertz CT molecular complexity index is 1280. The lowest BCUT2D eigenvalue weighted by atomic mass is 10.1. The first-order valence-corrected chi connectivity index (χ1v) is 11.3. The lowest BCUT2D eigenvalue weighted by molar-refractivity contribution is 0.0764. The maximum Gasteiger partial charge on any atom is 0.253 e. The molecule has 0 bridgehead atoms. The van der Waals surface area contributed by atoms with Crippen molar-refractivity contribution in [2.45, 2.75) is 12.5 Å². The van der Waals surface area contributed by atoms with Crippen LogP contribution in [0.4, 0.5) is 5.13 Å². The van der Waals surface area contributed by atoms with Gasteiger partial charge in [0.1, 0.15) is 6.26 Å². The summed E-state index contributed by atoms with van der Waals surface area (Å²) >= 11 is 1.46. The van der Waals surface area contributed by atoms with Crippen molar-refractivity contribution in [1.29, 1.82) is 0 Å². The zero-order valence-electron chi connectivity index (χ0n) is 18.3. The number of imidazole rings is 1. The minimum Gasteiger partial charge on any atom is -0.462 e. The largest absolute Gasteiger partial charge is 0.462 e. The number of hydrogen-bond donors (Lipinski definition) is 1. The fourth-order valence-corrected chi connectivity index (χ4v) is 4.46. The molecule has 33 heavy (non-hydrogen) atoms. The van der Waals surface area contributed by atoms with Gasteiger partial charge >= 0.3 is 0 Å². The number of carbonyl (C=O) groups excluding carboxylic acids is 1. The van der Waals surface area contributed by atoms with E-state index in [4.69, 9.17) is 14.5 Å². The van der Waals surface area contributed by atoms with Gasteiger partial charge in [-0.2, -0.15) is 0 Å². The molecule has 168 valence electrons. The molecule has 0 radical (unpaired) electrons. The minimum absolute atomic E-state index is 0.0423. The van der Waals surface area contributed by atoms with E-state index >= 15 is 0 Å². The van der Waals surface area contributed by atoms with Crippen molar-refractivity contribution in [2.24, 2.45) is 0 Å². The average Bonchev–Trinajstić information content (AvgIpc) is 3.56. The Kier molecular flexibility index (Phi) is 5.70. The molecule has 0 saturated carbocycles. The van der Waals surface area contributed by atoms with E-state index < -0.39 is 0 Å². The number of nitrogens with one attached hydrogen (secondary N) is 1. The number of carbonyl (C=O) groups is 1. The second-order valence-electron chi connectivity index (χ2n) is 7.88. The Morgan fingerprint density at radius 3 is 2.79 bits per heavy atom. The standard InChI is InChI=1S/C24H23N5O3S/c1-28(2)22(30)18-10-6-9-17(12-18)20-13-29-24(26-20)33-23(27-29)25-19(21-14-31-15-32-21)11-16-7-4-3-5-8-16/h3-10,12-14,19H,11,15H2,1-2H3,(H,25,27). The van der Waals surface area contributed by atoms with E-state index in [1.165, 1.54) is 16.9 Å². The van der Waals surface area contributed by atoms with E-state index in [0.717, 1.165) is 33.5 Å². The fourth-order valence-electron chi connectivity index (χ4n) is 3.62. The molecule has 8 nitrogen and oxygen atoms in total. The second-order valence-corrected chi connectivity index (χ2v) is 8.83. The number of rotatable bonds is 7. The first kappa shape index (κ1) is 21.0. The maximum absolute atomic E-state index is 12.3. The predicted molar refractivity (Wildman–Crippen MR) is 127 cm³/mol. The number of ether oxygens (including phenoxy) is 2. The number of aromatic nitrogens is 3. The van der Waals surface area contributed by atoms with Crippen LogP contribution < -0.4 is 5.32 Å². The van der Waals surface area contributed by atoms with Crippen LogP contribution in [0.15, 0.2) is 72.8 Å². The van der Waals surface area contributed by atoms with Crippen molar-refractivity contribution in [3.05, 3.63) is 83.9 Å². The molecule has 1 aliphatic heterocycles. The third-order valence-electron chi connectivity index (χ3n) is 5.27.